The van der Waals surface area contributed by atoms with Gasteiger partial charge < -0.3 is 5.32 Å². The Hall–Kier alpha value is -1.22. The molecule has 2 rings (SSSR count). The van der Waals surface area contributed by atoms with Crippen LogP contribution in [0.25, 0.3) is 0 Å². The van der Waals surface area contributed by atoms with Crippen LogP contribution in [0.1, 0.15) is 19.4 Å². The van der Waals surface area contributed by atoms with E-state index >= 15 is 0 Å². The second kappa shape index (κ2) is 7.77. The number of aryl methyl sites for hydroxylation is 1. The fourth-order valence-corrected chi connectivity index (χ4v) is 4.94. The number of carbonyl (C=O) groups excluding carboxylic acids is 1. The first kappa shape index (κ1) is 19.1. The van der Waals surface area contributed by atoms with E-state index in [9.17, 15) is 13.2 Å². The molecule has 24 heavy (non-hydrogen) atoms. The molecule has 1 atom stereocenters. The number of halogens is 1. The van der Waals surface area contributed by atoms with E-state index in [1.54, 1.807) is 31.4 Å². The molecule has 130 valence electrons. The van der Waals surface area contributed by atoms with Crippen LogP contribution in [0.15, 0.2) is 44.4 Å². The van der Waals surface area contributed by atoms with Crippen molar-refractivity contribution >= 4 is 48.9 Å². The number of hydrogen-bond donors (Lipinski definition) is 2. The van der Waals surface area contributed by atoms with Gasteiger partial charge in [-0.15, -0.1) is 11.3 Å². The monoisotopic (exact) mass is 430 g/mol. The van der Waals surface area contributed by atoms with Crippen molar-refractivity contribution in [2.75, 3.05) is 5.32 Å². The van der Waals surface area contributed by atoms with Gasteiger partial charge in [0, 0.05) is 10.2 Å². The van der Waals surface area contributed by atoms with E-state index in [0.717, 1.165) is 21.4 Å². The van der Waals surface area contributed by atoms with Gasteiger partial charge >= 0.3 is 0 Å². The van der Waals surface area contributed by atoms with Crippen molar-refractivity contribution in [3.8, 4) is 0 Å². The Labute approximate surface area is 154 Å². The molecule has 0 aliphatic rings. The molecule has 1 aromatic heterocycles. The average Bonchev–Trinajstić information content (AvgIpc) is 3.02. The highest BCUT2D eigenvalue weighted by Crippen LogP contribution is 2.22. The van der Waals surface area contributed by atoms with Gasteiger partial charge in [0.25, 0.3) is 10.0 Å². The van der Waals surface area contributed by atoms with Gasteiger partial charge in [-0.3, -0.25) is 4.79 Å². The van der Waals surface area contributed by atoms with Gasteiger partial charge in [-0.25, -0.2) is 8.42 Å². The van der Waals surface area contributed by atoms with Crippen molar-refractivity contribution in [2.24, 2.45) is 5.92 Å². The lowest BCUT2D eigenvalue weighted by atomic mass is 10.0. The lowest BCUT2D eigenvalue weighted by Gasteiger charge is -2.21. The van der Waals surface area contributed by atoms with E-state index in [1.807, 2.05) is 19.1 Å². The third-order valence-corrected chi connectivity index (χ3v) is 6.77. The number of amides is 1. The molecule has 0 aliphatic carbocycles. The van der Waals surface area contributed by atoms with Crippen molar-refractivity contribution in [3.05, 3.63) is 45.7 Å². The molecule has 1 aromatic carbocycles. The van der Waals surface area contributed by atoms with Crippen LogP contribution in [0.4, 0.5) is 5.69 Å². The Morgan fingerprint density at radius 2 is 1.96 bits per heavy atom. The Kier molecular flexibility index (Phi) is 6.19. The number of hydrogen-bond acceptors (Lipinski definition) is 4. The van der Waals surface area contributed by atoms with Gasteiger partial charge in [0.15, 0.2) is 0 Å². The molecule has 0 bridgehead atoms. The highest BCUT2D eigenvalue weighted by Gasteiger charge is 2.29. The minimum Gasteiger partial charge on any atom is -0.324 e. The lowest BCUT2D eigenvalue weighted by molar-refractivity contribution is -0.118. The first-order valence-electron chi connectivity index (χ1n) is 7.33. The molecule has 0 saturated carbocycles. The van der Waals surface area contributed by atoms with Crippen molar-refractivity contribution in [1.29, 1.82) is 0 Å². The van der Waals surface area contributed by atoms with Crippen LogP contribution in [-0.4, -0.2) is 20.4 Å². The van der Waals surface area contributed by atoms with E-state index in [1.165, 1.54) is 6.07 Å². The molecule has 0 aliphatic heterocycles. The average molecular weight is 431 g/mol. The lowest BCUT2D eigenvalue weighted by Crippen LogP contribution is -2.46. The van der Waals surface area contributed by atoms with Gasteiger partial charge in [-0.05, 0) is 48.1 Å². The summed E-state index contributed by atoms with van der Waals surface area (Å²) in [6, 6.07) is 7.80. The van der Waals surface area contributed by atoms with Crippen LogP contribution < -0.4 is 10.0 Å². The zero-order valence-electron chi connectivity index (χ0n) is 13.5. The number of sulfonamides is 1. The van der Waals surface area contributed by atoms with E-state index in [-0.39, 0.29) is 16.0 Å². The first-order chi connectivity index (χ1) is 11.2. The van der Waals surface area contributed by atoms with Gasteiger partial charge in [-0.1, -0.05) is 35.8 Å². The molecular formula is C16H19BrN2O3S2. The Morgan fingerprint density at radius 3 is 2.50 bits per heavy atom. The first-order valence-corrected chi connectivity index (χ1v) is 10.5. The highest BCUT2D eigenvalue weighted by atomic mass is 79.9. The summed E-state index contributed by atoms with van der Waals surface area (Å²) in [5.74, 6) is -0.578. The minimum atomic E-state index is -3.72. The fourth-order valence-electron chi connectivity index (χ4n) is 2.11. The van der Waals surface area contributed by atoms with Gasteiger partial charge in [0.2, 0.25) is 5.91 Å². The van der Waals surface area contributed by atoms with Crippen LogP contribution >= 0.6 is 27.3 Å². The summed E-state index contributed by atoms with van der Waals surface area (Å²) in [7, 11) is -3.72. The number of anilines is 1. The molecule has 0 fully saturated rings. The molecule has 0 radical (unpaired) electrons. The second-order valence-electron chi connectivity index (χ2n) is 5.72. The molecule has 0 spiro atoms. The highest BCUT2D eigenvalue weighted by molar-refractivity contribution is 9.10. The predicted octanol–water partition coefficient (Wildman–Crippen LogP) is 3.76. The molecule has 2 N–H and O–H groups in total. The summed E-state index contributed by atoms with van der Waals surface area (Å²) >= 11 is 4.49. The summed E-state index contributed by atoms with van der Waals surface area (Å²) in [4.78, 5) is 12.6. The molecule has 1 heterocycles. The standard InChI is InChI=1S/C16H19BrN2O3S2/c1-10(2)15(19-24(21,22)14-5-4-8-23-14)16(20)18-13-7-6-12(17)9-11(13)3/h4-10,15,19H,1-3H3,(H,18,20). The van der Waals surface area contributed by atoms with Crippen LogP contribution in [0.5, 0.6) is 0 Å². The third-order valence-electron chi connectivity index (χ3n) is 3.44. The molecule has 1 amide bonds. The van der Waals surface area contributed by atoms with Crippen LogP contribution in [-0.2, 0) is 14.8 Å². The summed E-state index contributed by atoms with van der Waals surface area (Å²) in [5.41, 5.74) is 1.55. The summed E-state index contributed by atoms with van der Waals surface area (Å²) in [6.45, 7) is 5.48. The van der Waals surface area contributed by atoms with Crippen molar-refractivity contribution in [2.45, 2.75) is 31.0 Å². The summed E-state index contributed by atoms with van der Waals surface area (Å²) in [6.07, 6.45) is 0. The molecule has 1 unspecified atom stereocenters. The van der Waals surface area contributed by atoms with Gasteiger partial charge in [0.05, 0.1) is 0 Å². The van der Waals surface area contributed by atoms with Crippen LogP contribution in [0.2, 0.25) is 0 Å². The van der Waals surface area contributed by atoms with Gasteiger partial charge in [-0.2, -0.15) is 4.72 Å². The Balaban J connectivity index is 2.19. The topological polar surface area (TPSA) is 75.3 Å². The quantitative estimate of drug-likeness (QED) is 0.732. The SMILES string of the molecule is Cc1cc(Br)ccc1NC(=O)C(NS(=O)(=O)c1cccs1)C(C)C. The van der Waals surface area contributed by atoms with Crippen LogP contribution in [0, 0.1) is 12.8 Å². The molecule has 5 nitrogen and oxygen atoms in total. The number of benzene rings is 1. The maximum atomic E-state index is 12.6. The normalized spacial score (nSPS) is 13.0. The van der Waals surface area contributed by atoms with Gasteiger partial charge in [0.1, 0.15) is 10.3 Å². The van der Waals surface area contributed by atoms with Crippen LogP contribution in [0.3, 0.4) is 0 Å². The summed E-state index contributed by atoms with van der Waals surface area (Å²) < 4.78 is 28.4. The van der Waals surface area contributed by atoms with Crippen molar-refractivity contribution < 1.29 is 13.2 Å². The number of nitrogens with one attached hydrogen (secondary N) is 2. The minimum absolute atomic E-state index is 0.195. The predicted molar refractivity (Wildman–Crippen MR) is 101 cm³/mol. The smallest absolute Gasteiger partial charge is 0.250 e. The molecule has 0 saturated heterocycles. The molecule has 8 heteroatoms. The maximum absolute atomic E-state index is 12.6. The number of rotatable bonds is 6. The molecule has 2 aromatic rings. The van der Waals surface area contributed by atoms with Crippen molar-refractivity contribution in [3.63, 3.8) is 0 Å². The fraction of sp³-hybridized carbons (Fsp3) is 0.312. The summed E-state index contributed by atoms with van der Waals surface area (Å²) in [5, 5.41) is 4.49. The van der Waals surface area contributed by atoms with E-state index in [0.29, 0.717) is 5.69 Å². The number of thiophene rings is 1. The molecular weight excluding hydrogens is 412 g/mol. The zero-order valence-corrected chi connectivity index (χ0v) is 16.8. The van der Waals surface area contributed by atoms with E-state index < -0.39 is 16.1 Å². The zero-order chi connectivity index (χ0) is 17.9. The second-order valence-corrected chi connectivity index (χ2v) is 9.53. The van der Waals surface area contributed by atoms with E-state index in [2.05, 4.69) is 26.0 Å². The Morgan fingerprint density at radius 1 is 1.25 bits per heavy atom. The van der Waals surface area contributed by atoms with Crippen molar-refractivity contribution in [1.82, 2.24) is 4.72 Å². The Bertz CT molecular complexity index is 818. The largest absolute Gasteiger partial charge is 0.324 e. The maximum Gasteiger partial charge on any atom is 0.250 e. The van der Waals surface area contributed by atoms with E-state index in [4.69, 9.17) is 0 Å². The third kappa shape index (κ3) is 4.66. The number of carbonyl (C=O) groups is 1.